The van der Waals surface area contributed by atoms with Crippen molar-refractivity contribution in [1.82, 2.24) is 10.2 Å². The monoisotopic (exact) mass is 260 g/mol. The minimum absolute atomic E-state index is 0.0592. The van der Waals surface area contributed by atoms with Gasteiger partial charge < -0.3 is 4.90 Å². The highest BCUT2D eigenvalue weighted by Crippen LogP contribution is 2.28. The van der Waals surface area contributed by atoms with Crippen LogP contribution in [0.2, 0.25) is 0 Å². The largest absolute Gasteiger partial charge is 0.330 e. The number of rotatable bonds is 3. The highest BCUT2D eigenvalue weighted by Gasteiger charge is 2.28. The Bertz CT molecular complexity index is 416. The average Bonchev–Trinajstić information content (AvgIpc) is 2.46. The van der Waals surface area contributed by atoms with E-state index in [4.69, 9.17) is 0 Å². The molecule has 2 atom stereocenters. The van der Waals surface area contributed by atoms with Crippen LogP contribution in [0.4, 0.5) is 0 Å². The van der Waals surface area contributed by atoms with Gasteiger partial charge in [-0.25, -0.2) is 0 Å². The first kappa shape index (κ1) is 14.1. The molecule has 0 saturated carbocycles. The number of nitrogens with one attached hydrogen (secondary N) is 1. The van der Waals surface area contributed by atoms with E-state index in [0.717, 1.165) is 19.4 Å². The van der Waals surface area contributed by atoms with Crippen molar-refractivity contribution >= 4 is 5.91 Å². The third-order valence-electron chi connectivity index (χ3n) is 3.96. The zero-order chi connectivity index (χ0) is 13.8. The van der Waals surface area contributed by atoms with Gasteiger partial charge in [0, 0.05) is 13.0 Å². The van der Waals surface area contributed by atoms with Crippen LogP contribution < -0.4 is 5.32 Å². The third-order valence-corrected chi connectivity index (χ3v) is 3.96. The zero-order valence-electron chi connectivity index (χ0n) is 12.1. The summed E-state index contributed by atoms with van der Waals surface area (Å²) in [5.41, 5.74) is 1.39. The smallest absolute Gasteiger partial charge is 0.226 e. The molecule has 0 radical (unpaired) electrons. The highest BCUT2D eigenvalue weighted by molar-refractivity contribution is 5.78. The average molecular weight is 260 g/mol. The van der Waals surface area contributed by atoms with Gasteiger partial charge in [0.15, 0.2) is 0 Å². The molecule has 3 heteroatoms. The Kier molecular flexibility index (Phi) is 4.59. The lowest BCUT2D eigenvalue weighted by molar-refractivity contribution is -0.136. The molecule has 1 aliphatic rings. The normalized spacial score (nSPS) is 23.4. The number of amides is 1. The summed E-state index contributed by atoms with van der Waals surface area (Å²) in [6, 6.07) is 10.6. The van der Waals surface area contributed by atoms with E-state index in [0.29, 0.717) is 5.92 Å². The van der Waals surface area contributed by atoms with Gasteiger partial charge in [0.05, 0.1) is 6.17 Å². The first-order valence-corrected chi connectivity index (χ1v) is 7.14. The fraction of sp³-hybridized carbons (Fsp3) is 0.562. The summed E-state index contributed by atoms with van der Waals surface area (Å²) in [5.74, 6) is 0.824. The molecule has 1 aliphatic heterocycles. The fourth-order valence-corrected chi connectivity index (χ4v) is 2.78. The Balaban J connectivity index is 2.03. The van der Waals surface area contributed by atoms with Gasteiger partial charge in [0.1, 0.15) is 0 Å². The van der Waals surface area contributed by atoms with E-state index < -0.39 is 0 Å². The van der Waals surface area contributed by atoms with E-state index >= 15 is 0 Å². The minimum atomic E-state index is 0.0592. The van der Waals surface area contributed by atoms with Crippen LogP contribution in [0.5, 0.6) is 0 Å². The summed E-state index contributed by atoms with van der Waals surface area (Å²) >= 11 is 0. The molecule has 1 fully saturated rings. The number of hydrogen-bond acceptors (Lipinski definition) is 2. The van der Waals surface area contributed by atoms with E-state index in [2.05, 4.69) is 35.6 Å². The Hall–Kier alpha value is -1.35. The number of nitrogens with zero attached hydrogens (tertiary/aromatic N) is 1. The Morgan fingerprint density at radius 1 is 1.32 bits per heavy atom. The van der Waals surface area contributed by atoms with Crippen molar-refractivity contribution in [2.75, 3.05) is 13.6 Å². The van der Waals surface area contributed by atoms with E-state index in [1.165, 1.54) is 5.56 Å². The van der Waals surface area contributed by atoms with Gasteiger partial charge in [-0.05, 0) is 30.9 Å². The molecule has 2 rings (SSSR count). The van der Waals surface area contributed by atoms with Crippen molar-refractivity contribution in [3.05, 3.63) is 35.9 Å². The second-order valence-corrected chi connectivity index (χ2v) is 5.71. The molecule has 0 bridgehead atoms. The maximum Gasteiger partial charge on any atom is 0.226 e. The van der Waals surface area contributed by atoms with Crippen LogP contribution in [0.1, 0.15) is 38.2 Å². The van der Waals surface area contributed by atoms with Crippen molar-refractivity contribution in [1.29, 1.82) is 0 Å². The highest BCUT2D eigenvalue weighted by atomic mass is 16.2. The molecule has 3 nitrogen and oxygen atoms in total. The van der Waals surface area contributed by atoms with E-state index in [1.54, 1.807) is 0 Å². The second kappa shape index (κ2) is 6.20. The van der Waals surface area contributed by atoms with Crippen LogP contribution in [0.15, 0.2) is 30.3 Å². The molecular formula is C16H24N2O. The molecule has 1 N–H and O–H groups in total. The number of carbonyl (C=O) groups is 1. The lowest BCUT2D eigenvalue weighted by atomic mass is 9.88. The van der Waals surface area contributed by atoms with E-state index in [-0.39, 0.29) is 18.0 Å². The van der Waals surface area contributed by atoms with Crippen LogP contribution in [0.25, 0.3) is 0 Å². The Morgan fingerprint density at radius 3 is 2.63 bits per heavy atom. The van der Waals surface area contributed by atoms with Gasteiger partial charge in [0.25, 0.3) is 0 Å². The summed E-state index contributed by atoms with van der Waals surface area (Å²) in [4.78, 5) is 13.9. The van der Waals surface area contributed by atoms with Gasteiger partial charge in [-0.3, -0.25) is 10.1 Å². The van der Waals surface area contributed by atoms with Crippen molar-refractivity contribution < 1.29 is 4.79 Å². The molecule has 0 spiro atoms. The molecule has 104 valence electrons. The quantitative estimate of drug-likeness (QED) is 0.906. The topological polar surface area (TPSA) is 32.3 Å². The predicted molar refractivity (Wildman–Crippen MR) is 77.8 cm³/mol. The van der Waals surface area contributed by atoms with Crippen LogP contribution in [0.3, 0.4) is 0 Å². The first-order valence-electron chi connectivity index (χ1n) is 7.14. The Labute approximate surface area is 116 Å². The van der Waals surface area contributed by atoms with Gasteiger partial charge >= 0.3 is 0 Å². The van der Waals surface area contributed by atoms with Gasteiger partial charge in [-0.2, -0.15) is 0 Å². The number of piperidine rings is 1. The number of hydrogen-bond donors (Lipinski definition) is 1. The first-order chi connectivity index (χ1) is 9.09. The predicted octanol–water partition coefficient (Wildman–Crippen LogP) is 2.59. The molecule has 0 aliphatic carbocycles. The lowest BCUT2D eigenvalue weighted by Gasteiger charge is -2.37. The van der Waals surface area contributed by atoms with E-state index in [9.17, 15) is 4.79 Å². The van der Waals surface area contributed by atoms with Crippen LogP contribution >= 0.6 is 0 Å². The maximum absolute atomic E-state index is 12.1. The summed E-state index contributed by atoms with van der Waals surface area (Å²) in [6.45, 7) is 4.88. The molecule has 1 aromatic rings. The van der Waals surface area contributed by atoms with E-state index in [1.807, 2.05) is 25.8 Å². The summed E-state index contributed by atoms with van der Waals surface area (Å²) in [7, 11) is 1.91. The molecule has 1 heterocycles. The minimum Gasteiger partial charge on any atom is -0.330 e. The van der Waals surface area contributed by atoms with Crippen LogP contribution in [-0.2, 0) is 4.79 Å². The van der Waals surface area contributed by atoms with Gasteiger partial charge in [0.2, 0.25) is 5.91 Å². The molecule has 0 aromatic heterocycles. The molecular weight excluding hydrogens is 236 g/mol. The van der Waals surface area contributed by atoms with Crippen molar-refractivity contribution in [2.24, 2.45) is 5.92 Å². The van der Waals surface area contributed by atoms with Crippen molar-refractivity contribution in [3.63, 3.8) is 0 Å². The van der Waals surface area contributed by atoms with Gasteiger partial charge in [-0.15, -0.1) is 0 Å². The molecule has 19 heavy (non-hydrogen) atoms. The molecule has 1 amide bonds. The summed E-state index contributed by atoms with van der Waals surface area (Å²) < 4.78 is 0. The Morgan fingerprint density at radius 2 is 2.00 bits per heavy atom. The zero-order valence-corrected chi connectivity index (χ0v) is 12.1. The number of benzene rings is 1. The van der Waals surface area contributed by atoms with Crippen LogP contribution in [0, 0.1) is 5.92 Å². The third kappa shape index (κ3) is 3.35. The lowest BCUT2D eigenvalue weighted by Crippen LogP contribution is -2.51. The molecule has 1 saturated heterocycles. The fourth-order valence-electron chi connectivity index (χ4n) is 2.78. The SMILES string of the molecule is CC(C)C(=O)N(C)C1CC(c2ccccc2)CCN1. The number of carbonyl (C=O) groups excluding carboxylic acids is 1. The maximum atomic E-state index is 12.1. The summed E-state index contributed by atoms with van der Waals surface area (Å²) in [5, 5.41) is 3.46. The van der Waals surface area contributed by atoms with Crippen molar-refractivity contribution in [2.45, 2.75) is 38.8 Å². The summed E-state index contributed by atoms with van der Waals surface area (Å²) in [6.07, 6.45) is 2.30. The van der Waals surface area contributed by atoms with Crippen molar-refractivity contribution in [3.8, 4) is 0 Å². The second-order valence-electron chi connectivity index (χ2n) is 5.71. The van der Waals surface area contributed by atoms with Crippen LogP contribution in [-0.4, -0.2) is 30.6 Å². The molecule has 2 unspecified atom stereocenters. The molecule has 1 aromatic carbocycles. The standard InChI is InChI=1S/C16H24N2O/c1-12(2)16(19)18(3)15-11-14(9-10-17-15)13-7-5-4-6-8-13/h4-8,12,14-15,17H,9-11H2,1-3H3. The van der Waals surface area contributed by atoms with Gasteiger partial charge in [-0.1, -0.05) is 44.2 Å².